The first kappa shape index (κ1) is 18.4. The van der Waals surface area contributed by atoms with Gasteiger partial charge in [-0.2, -0.15) is 0 Å². The quantitative estimate of drug-likeness (QED) is 0.540. The van der Waals surface area contributed by atoms with Gasteiger partial charge in [0.2, 0.25) is 0 Å². The van der Waals surface area contributed by atoms with Gasteiger partial charge in [-0.25, -0.2) is 0 Å². The van der Waals surface area contributed by atoms with Gasteiger partial charge in [-0.05, 0) is 69.0 Å². The molecule has 1 aromatic rings. The van der Waals surface area contributed by atoms with Crippen LogP contribution in [0.3, 0.4) is 0 Å². The third-order valence-corrected chi connectivity index (χ3v) is 7.98. The molecule has 5 N–H and O–H groups in total. The van der Waals surface area contributed by atoms with E-state index in [1.165, 1.54) is 6.42 Å². The highest BCUT2D eigenvalue weighted by molar-refractivity contribution is 5.97. The Labute approximate surface area is 165 Å². The minimum Gasteiger partial charge on any atom is -0.507 e. The molecule has 152 valence electrons. The maximum Gasteiger partial charge on any atom is 0.255 e. The Morgan fingerprint density at radius 2 is 2.07 bits per heavy atom. The molecule has 1 aliphatic heterocycles. The fourth-order valence-corrected chi connectivity index (χ4v) is 6.22. The summed E-state index contributed by atoms with van der Waals surface area (Å²) < 4.78 is 0. The average molecular weight is 386 g/mol. The van der Waals surface area contributed by atoms with Crippen LogP contribution in [0.4, 0.5) is 0 Å². The lowest BCUT2D eigenvalue weighted by molar-refractivity contribution is -0.146. The minimum atomic E-state index is -1.00. The molecule has 4 unspecified atom stereocenters. The molecule has 1 amide bonds. The maximum atomic E-state index is 12.8. The molecule has 1 heterocycles. The smallest absolute Gasteiger partial charge is 0.255 e. The summed E-state index contributed by atoms with van der Waals surface area (Å²) in [4.78, 5) is 12.8. The number of phenolic OH excluding ortho intramolecular Hbond substituents is 1. The van der Waals surface area contributed by atoms with Gasteiger partial charge >= 0.3 is 0 Å². The number of aliphatic hydroxyl groups is 2. The Morgan fingerprint density at radius 3 is 2.82 bits per heavy atom. The fraction of sp³-hybridized carbons (Fsp3) is 0.682. The molecule has 0 spiro atoms. The van der Waals surface area contributed by atoms with Crippen molar-refractivity contribution in [3.8, 4) is 5.75 Å². The van der Waals surface area contributed by atoms with Crippen molar-refractivity contribution in [3.63, 3.8) is 0 Å². The molecule has 6 nitrogen and oxygen atoms in total. The van der Waals surface area contributed by atoms with E-state index in [9.17, 15) is 20.1 Å². The van der Waals surface area contributed by atoms with Crippen molar-refractivity contribution in [2.24, 2.45) is 5.92 Å². The van der Waals surface area contributed by atoms with E-state index >= 15 is 0 Å². The normalized spacial score (nSPS) is 36.8. The second kappa shape index (κ2) is 6.44. The first-order chi connectivity index (χ1) is 13.4. The number of rotatable bonds is 3. The van der Waals surface area contributed by atoms with Crippen LogP contribution in [0.2, 0.25) is 0 Å². The van der Waals surface area contributed by atoms with Gasteiger partial charge in [-0.3, -0.25) is 4.79 Å². The predicted molar refractivity (Wildman–Crippen MR) is 104 cm³/mol. The number of aliphatic hydroxyl groups excluding tert-OH is 1. The number of hydrogen-bond acceptors (Lipinski definition) is 5. The van der Waals surface area contributed by atoms with E-state index in [4.69, 9.17) is 0 Å². The van der Waals surface area contributed by atoms with Crippen molar-refractivity contribution in [1.82, 2.24) is 10.6 Å². The Kier molecular flexibility index (Phi) is 4.23. The van der Waals surface area contributed by atoms with E-state index in [0.29, 0.717) is 50.1 Å². The number of aromatic hydroxyl groups is 1. The average Bonchev–Trinajstić information content (AvgIpc) is 2.60. The summed E-state index contributed by atoms with van der Waals surface area (Å²) in [6.45, 7) is 1.38. The van der Waals surface area contributed by atoms with Crippen molar-refractivity contribution in [1.29, 1.82) is 0 Å². The standard InChI is InChI=1S/C22H30N2O4/c25-15-6-7-22(28)17-10-14-4-5-16(20(27)24-12-13-2-1-3-13)19(26)18(14)21(22,11-15)8-9-23-17/h4-5,13,15,17,23,25-26,28H,1-3,6-12H2,(H,24,27). The van der Waals surface area contributed by atoms with Crippen molar-refractivity contribution in [2.75, 3.05) is 13.1 Å². The molecule has 0 aromatic heterocycles. The summed E-state index contributed by atoms with van der Waals surface area (Å²) in [5.41, 5.74) is 0.247. The number of nitrogens with one attached hydrogen (secondary N) is 2. The lowest BCUT2D eigenvalue weighted by Crippen LogP contribution is -2.72. The van der Waals surface area contributed by atoms with E-state index in [-0.39, 0.29) is 23.3 Å². The number of carbonyl (C=O) groups is 1. The zero-order chi connectivity index (χ0) is 19.5. The molecule has 1 saturated heterocycles. The van der Waals surface area contributed by atoms with E-state index < -0.39 is 17.1 Å². The Hall–Kier alpha value is -1.63. The number of benzene rings is 1. The Morgan fingerprint density at radius 1 is 1.25 bits per heavy atom. The Balaban J connectivity index is 1.55. The van der Waals surface area contributed by atoms with Gasteiger partial charge in [0, 0.05) is 23.6 Å². The van der Waals surface area contributed by atoms with Crippen LogP contribution in [0.1, 0.15) is 66.4 Å². The van der Waals surface area contributed by atoms with Gasteiger partial charge in [0.1, 0.15) is 5.75 Å². The zero-order valence-corrected chi connectivity index (χ0v) is 16.2. The molecular weight excluding hydrogens is 356 g/mol. The minimum absolute atomic E-state index is 0.00326. The summed E-state index contributed by atoms with van der Waals surface area (Å²) in [7, 11) is 0. The molecule has 28 heavy (non-hydrogen) atoms. The largest absolute Gasteiger partial charge is 0.507 e. The number of hydrogen-bond donors (Lipinski definition) is 5. The molecule has 4 aliphatic rings. The first-order valence-corrected chi connectivity index (χ1v) is 10.7. The lowest BCUT2D eigenvalue weighted by atomic mass is 9.49. The van der Waals surface area contributed by atoms with Crippen molar-refractivity contribution in [2.45, 2.75) is 74.5 Å². The highest BCUT2D eigenvalue weighted by Gasteiger charge is 2.63. The predicted octanol–water partition coefficient (Wildman–Crippen LogP) is 1.35. The SMILES string of the molecule is O=C(NCC1CCC1)c1ccc2c(c1O)C13CCNC(C2)C1(O)CCC(O)C3. The van der Waals surface area contributed by atoms with Gasteiger partial charge in [-0.15, -0.1) is 0 Å². The highest BCUT2D eigenvalue weighted by atomic mass is 16.3. The molecule has 3 fully saturated rings. The van der Waals surface area contributed by atoms with E-state index in [0.717, 1.165) is 24.9 Å². The third kappa shape index (κ3) is 2.47. The molecule has 4 atom stereocenters. The van der Waals surface area contributed by atoms with Crippen LogP contribution < -0.4 is 10.6 Å². The Bertz CT molecular complexity index is 808. The zero-order valence-electron chi connectivity index (χ0n) is 16.2. The van der Waals surface area contributed by atoms with Crippen LogP contribution in [0.5, 0.6) is 5.75 Å². The number of phenols is 1. The van der Waals surface area contributed by atoms with Gasteiger partial charge in [-0.1, -0.05) is 12.5 Å². The third-order valence-electron chi connectivity index (χ3n) is 7.98. The van der Waals surface area contributed by atoms with Crippen LogP contribution in [-0.4, -0.2) is 52.1 Å². The van der Waals surface area contributed by atoms with Crippen molar-refractivity contribution in [3.05, 3.63) is 28.8 Å². The summed E-state index contributed by atoms with van der Waals surface area (Å²) in [6.07, 6.45) is 5.79. The molecule has 1 aromatic carbocycles. The van der Waals surface area contributed by atoms with Crippen LogP contribution in [0.15, 0.2) is 12.1 Å². The number of amides is 1. The van der Waals surface area contributed by atoms with E-state index in [1.807, 2.05) is 6.07 Å². The highest BCUT2D eigenvalue weighted by Crippen LogP contribution is 2.58. The van der Waals surface area contributed by atoms with Crippen LogP contribution >= 0.6 is 0 Å². The summed E-state index contributed by atoms with van der Waals surface area (Å²) >= 11 is 0. The van der Waals surface area contributed by atoms with E-state index in [2.05, 4.69) is 10.6 Å². The maximum absolute atomic E-state index is 12.8. The van der Waals surface area contributed by atoms with Crippen LogP contribution in [0.25, 0.3) is 0 Å². The molecular formula is C22H30N2O4. The second-order valence-corrected chi connectivity index (χ2v) is 9.37. The van der Waals surface area contributed by atoms with Gasteiger partial charge in [0.05, 0.1) is 17.3 Å². The number of piperidine rings is 1. The summed E-state index contributed by atoms with van der Waals surface area (Å²) in [6, 6.07) is 3.55. The molecule has 3 aliphatic carbocycles. The van der Waals surface area contributed by atoms with Crippen LogP contribution in [0, 0.1) is 5.92 Å². The number of carbonyl (C=O) groups excluding carboxylic acids is 1. The van der Waals surface area contributed by atoms with Crippen molar-refractivity contribution < 1.29 is 20.1 Å². The van der Waals surface area contributed by atoms with Crippen molar-refractivity contribution >= 4 is 5.91 Å². The molecule has 5 rings (SSSR count). The van der Waals surface area contributed by atoms with Gasteiger partial charge in [0.25, 0.3) is 5.91 Å². The lowest BCUT2D eigenvalue weighted by Gasteiger charge is -2.61. The van der Waals surface area contributed by atoms with Gasteiger partial charge in [0.15, 0.2) is 0 Å². The second-order valence-electron chi connectivity index (χ2n) is 9.37. The molecule has 6 heteroatoms. The number of fused-ring (bicyclic) bond motifs is 1. The molecule has 2 saturated carbocycles. The topological polar surface area (TPSA) is 102 Å². The molecule has 0 radical (unpaired) electrons. The van der Waals surface area contributed by atoms with Crippen LogP contribution in [-0.2, 0) is 11.8 Å². The van der Waals surface area contributed by atoms with Gasteiger partial charge < -0.3 is 26.0 Å². The summed E-state index contributed by atoms with van der Waals surface area (Å²) in [5, 5.41) is 39.8. The monoisotopic (exact) mass is 386 g/mol. The van der Waals surface area contributed by atoms with E-state index in [1.54, 1.807) is 6.07 Å². The fourth-order valence-electron chi connectivity index (χ4n) is 6.22. The first-order valence-electron chi connectivity index (χ1n) is 10.7. The molecule has 2 bridgehead atoms. The summed E-state index contributed by atoms with van der Waals surface area (Å²) in [5.74, 6) is 0.294.